The molecule has 3 aromatic rings. The summed E-state index contributed by atoms with van der Waals surface area (Å²) >= 11 is 7.51. The molecule has 2 aromatic carbocycles. The van der Waals surface area contributed by atoms with Gasteiger partial charge in [0.05, 0.1) is 19.8 Å². The fraction of sp³-hybridized carbons (Fsp3) is 0.364. The molecule has 0 radical (unpaired) electrons. The van der Waals surface area contributed by atoms with Crippen LogP contribution in [0.1, 0.15) is 13.8 Å². The van der Waals surface area contributed by atoms with E-state index in [1.165, 1.54) is 11.8 Å². The molecule has 0 saturated heterocycles. The lowest BCUT2D eigenvalue weighted by atomic mass is 10.2. The van der Waals surface area contributed by atoms with Crippen LogP contribution in [0.3, 0.4) is 0 Å². The van der Waals surface area contributed by atoms with Gasteiger partial charge in [0.2, 0.25) is 0 Å². The Bertz CT molecular complexity index is 947. The molecule has 30 heavy (non-hydrogen) atoms. The predicted octanol–water partition coefficient (Wildman–Crippen LogP) is 4.72. The molecule has 8 heteroatoms. The van der Waals surface area contributed by atoms with Crippen molar-refractivity contribution in [2.75, 3.05) is 26.1 Å². The Labute approximate surface area is 186 Å². The summed E-state index contributed by atoms with van der Waals surface area (Å²) in [7, 11) is 1.63. The van der Waals surface area contributed by atoms with Crippen LogP contribution >= 0.6 is 23.4 Å². The Morgan fingerprint density at radius 3 is 2.57 bits per heavy atom. The van der Waals surface area contributed by atoms with Crippen molar-refractivity contribution in [2.24, 2.45) is 5.92 Å². The van der Waals surface area contributed by atoms with Crippen molar-refractivity contribution < 1.29 is 14.6 Å². The number of ether oxygens (including phenoxy) is 2. The first-order chi connectivity index (χ1) is 14.5. The molecule has 1 aromatic heterocycles. The third-order valence-electron chi connectivity index (χ3n) is 4.21. The van der Waals surface area contributed by atoms with E-state index >= 15 is 0 Å². The largest absolute Gasteiger partial charge is 0.497 e. The SMILES string of the molecule is COc1cccc(-c2nnc(SCC(O)COCC(C)C)n2-c2ccc(Cl)cc2)c1. The van der Waals surface area contributed by atoms with Gasteiger partial charge in [-0.2, -0.15) is 0 Å². The van der Waals surface area contributed by atoms with Crippen molar-refractivity contribution in [3.8, 4) is 22.8 Å². The number of hydrogen-bond donors (Lipinski definition) is 1. The minimum Gasteiger partial charge on any atom is -0.497 e. The van der Waals surface area contributed by atoms with Crippen LogP contribution in [0.5, 0.6) is 5.75 Å². The van der Waals surface area contributed by atoms with Crippen LogP contribution in [-0.4, -0.2) is 52.1 Å². The summed E-state index contributed by atoms with van der Waals surface area (Å²) in [5, 5.41) is 20.4. The van der Waals surface area contributed by atoms with Crippen LogP contribution in [0, 0.1) is 5.92 Å². The molecule has 1 N–H and O–H groups in total. The van der Waals surface area contributed by atoms with E-state index in [4.69, 9.17) is 21.1 Å². The Balaban J connectivity index is 1.86. The molecule has 1 unspecified atom stereocenters. The van der Waals surface area contributed by atoms with E-state index in [9.17, 15) is 5.11 Å². The number of thioether (sulfide) groups is 1. The lowest BCUT2D eigenvalue weighted by Crippen LogP contribution is -2.20. The van der Waals surface area contributed by atoms with Crippen molar-refractivity contribution in [3.63, 3.8) is 0 Å². The summed E-state index contributed by atoms with van der Waals surface area (Å²) in [4.78, 5) is 0. The first kappa shape index (κ1) is 22.6. The van der Waals surface area contributed by atoms with Crippen LogP contribution in [0.4, 0.5) is 0 Å². The highest BCUT2D eigenvalue weighted by Gasteiger charge is 2.18. The quantitative estimate of drug-likeness (QED) is 0.453. The molecule has 1 atom stereocenters. The first-order valence-electron chi connectivity index (χ1n) is 9.72. The fourth-order valence-corrected chi connectivity index (χ4v) is 3.78. The fourth-order valence-electron chi connectivity index (χ4n) is 2.79. The van der Waals surface area contributed by atoms with Crippen LogP contribution in [0.25, 0.3) is 17.1 Å². The van der Waals surface area contributed by atoms with Crippen molar-refractivity contribution in [2.45, 2.75) is 25.1 Å². The van der Waals surface area contributed by atoms with Gasteiger partial charge in [-0.3, -0.25) is 4.57 Å². The lowest BCUT2D eigenvalue weighted by molar-refractivity contribution is 0.0364. The Morgan fingerprint density at radius 1 is 1.10 bits per heavy atom. The average molecular weight is 448 g/mol. The van der Waals surface area contributed by atoms with E-state index in [1.54, 1.807) is 7.11 Å². The van der Waals surface area contributed by atoms with Gasteiger partial charge in [0.25, 0.3) is 0 Å². The van der Waals surface area contributed by atoms with Gasteiger partial charge in [0, 0.05) is 28.6 Å². The second-order valence-corrected chi connectivity index (χ2v) is 8.67. The summed E-state index contributed by atoms with van der Waals surface area (Å²) in [5.41, 5.74) is 1.76. The topological polar surface area (TPSA) is 69.4 Å². The van der Waals surface area contributed by atoms with Crippen LogP contribution < -0.4 is 4.74 Å². The van der Waals surface area contributed by atoms with Crippen molar-refractivity contribution in [1.82, 2.24) is 14.8 Å². The number of aliphatic hydroxyl groups is 1. The van der Waals surface area contributed by atoms with Gasteiger partial charge >= 0.3 is 0 Å². The highest BCUT2D eigenvalue weighted by atomic mass is 35.5. The van der Waals surface area contributed by atoms with Gasteiger partial charge < -0.3 is 14.6 Å². The van der Waals surface area contributed by atoms with Gasteiger partial charge in [-0.15, -0.1) is 10.2 Å². The van der Waals surface area contributed by atoms with Gasteiger partial charge in [-0.1, -0.05) is 49.3 Å². The number of hydrogen-bond acceptors (Lipinski definition) is 6. The highest BCUT2D eigenvalue weighted by molar-refractivity contribution is 7.99. The number of rotatable bonds is 10. The average Bonchev–Trinajstić information content (AvgIpc) is 3.16. The summed E-state index contributed by atoms with van der Waals surface area (Å²) in [5.74, 6) is 2.31. The summed E-state index contributed by atoms with van der Waals surface area (Å²) in [6, 6.07) is 15.2. The van der Waals surface area contributed by atoms with Gasteiger partial charge in [-0.25, -0.2) is 0 Å². The molecule has 0 aliphatic heterocycles. The zero-order chi connectivity index (χ0) is 21.5. The van der Waals surface area contributed by atoms with Gasteiger partial charge in [0.1, 0.15) is 5.75 Å². The molecular formula is C22H26ClN3O3S. The van der Waals surface area contributed by atoms with Crippen LogP contribution in [0.15, 0.2) is 53.7 Å². The Kier molecular flexibility index (Phi) is 8.16. The van der Waals surface area contributed by atoms with E-state index in [2.05, 4.69) is 24.0 Å². The van der Waals surface area contributed by atoms with Crippen molar-refractivity contribution in [1.29, 1.82) is 0 Å². The van der Waals surface area contributed by atoms with E-state index in [0.29, 0.717) is 40.9 Å². The maximum atomic E-state index is 10.3. The first-order valence-corrected chi connectivity index (χ1v) is 11.1. The van der Waals surface area contributed by atoms with E-state index < -0.39 is 6.10 Å². The summed E-state index contributed by atoms with van der Waals surface area (Å²) in [6.45, 7) is 5.08. The second-order valence-electron chi connectivity index (χ2n) is 7.25. The van der Waals surface area contributed by atoms with Gasteiger partial charge in [-0.05, 0) is 42.3 Å². The smallest absolute Gasteiger partial charge is 0.196 e. The third kappa shape index (κ3) is 5.98. The molecular weight excluding hydrogens is 422 g/mol. The maximum Gasteiger partial charge on any atom is 0.196 e. The number of halogens is 1. The minimum atomic E-state index is -0.593. The molecule has 0 fully saturated rings. The lowest BCUT2D eigenvalue weighted by Gasteiger charge is -2.14. The van der Waals surface area contributed by atoms with E-state index in [0.717, 1.165) is 17.0 Å². The monoisotopic (exact) mass is 447 g/mol. The molecule has 0 amide bonds. The van der Waals surface area contributed by atoms with Crippen LogP contribution in [0.2, 0.25) is 5.02 Å². The molecule has 160 valence electrons. The number of nitrogens with zero attached hydrogens (tertiary/aromatic N) is 3. The predicted molar refractivity (Wildman–Crippen MR) is 121 cm³/mol. The minimum absolute atomic E-state index is 0.295. The Hall–Kier alpha value is -2.06. The number of aliphatic hydroxyl groups excluding tert-OH is 1. The van der Waals surface area contributed by atoms with Crippen LogP contribution in [-0.2, 0) is 4.74 Å². The third-order valence-corrected chi connectivity index (χ3v) is 5.54. The van der Waals surface area contributed by atoms with Crippen molar-refractivity contribution in [3.05, 3.63) is 53.6 Å². The molecule has 1 heterocycles. The highest BCUT2D eigenvalue weighted by Crippen LogP contribution is 2.30. The molecule has 0 aliphatic carbocycles. The molecule has 0 saturated carbocycles. The second kappa shape index (κ2) is 10.8. The summed E-state index contributed by atoms with van der Waals surface area (Å²) < 4.78 is 12.8. The standard InChI is InChI=1S/C22H26ClN3O3S/c1-15(2)12-29-13-19(27)14-30-22-25-24-21(16-5-4-6-20(11-16)28-3)26(22)18-9-7-17(23)8-10-18/h4-11,15,19,27H,12-14H2,1-3H3. The maximum absolute atomic E-state index is 10.3. The van der Waals surface area contributed by atoms with Crippen molar-refractivity contribution >= 4 is 23.4 Å². The van der Waals surface area contributed by atoms with E-state index in [-0.39, 0.29) is 0 Å². The van der Waals surface area contributed by atoms with Gasteiger partial charge in [0.15, 0.2) is 11.0 Å². The Morgan fingerprint density at radius 2 is 1.87 bits per heavy atom. The number of methoxy groups -OCH3 is 1. The zero-order valence-corrected chi connectivity index (χ0v) is 18.9. The molecule has 0 aliphatic rings. The zero-order valence-electron chi connectivity index (χ0n) is 17.3. The molecule has 0 bridgehead atoms. The number of aromatic nitrogens is 3. The molecule has 3 rings (SSSR count). The molecule has 6 nitrogen and oxygen atoms in total. The number of benzene rings is 2. The molecule has 0 spiro atoms. The summed E-state index contributed by atoms with van der Waals surface area (Å²) in [6.07, 6.45) is -0.593. The van der Waals surface area contributed by atoms with E-state index in [1.807, 2.05) is 53.1 Å². The normalized spacial score (nSPS) is 12.3.